The summed E-state index contributed by atoms with van der Waals surface area (Å²) in [4.78, 5) is 3.19. The zero-order valence-electron chi connectivity index (χ0n) is 5.03. The van der Waals surface area contributed by atoms with Crippen LogP contribution in [0, 0.1) is 0 Å². The Morgan fingerprint density at radius 1 is 1.40 bits per heavy atom. The zero-order chi connectivity index (χ0) is 7.19. The Bertz CT molecular complexity index is 386. The van der Waals surface area contributed by atoms with E-state index in [1.807, 2.05) is 0 Å². The molecule has 0 unspecified atom stereocenters. The summed E-state index contributed by atoms with van der Waals surface area (Å²) in [6, 6.07) is 1.56. The van der Waals surface area contributed by atoms with Crippen LogP contribution in [0.1, 0.15) is 5.69 Å². The summed E-state index contributed by atoms with van der Waals surface area (Å²) < 4.78 is 22.0. The highest BCUT2D eigenvalue weighted by Crippen LogP contribution is 2.24. The van der Waals surface area contributed by atoms with Gasteiger partial charge in [-0.1, -0.05) is 0 Å². The average molecular weight is 155 g/mol. The van der Waals surface area contributed by atoms with Gasteiger partial charge in [-0.05, 0) is 12.1 Å². The van der Waals surface area contributed by atoms with Crippen molar-refractivity contribution in [1.29, 1.82) is 0 Å². The first-order valence-electron chi connectivity index (χ1n) is 2.81. The van der Waals surface area contributed by atoms with Crippen molar-refractivity contribution >= 4 is 15.9 Å². The van der Waals surface area contributed by atoms with Crippen LogP contribution in [0.2, 0.25) is 0 Å². The van der Waals surface area contributed by atoms with Crippen LogP contribution in [0.4, 0.5) is 0 Å². The molecule has 0 fully saturated rings. The normalized spacial score (nSPS) is 19.2. The van der Waals surface area contributed by atoms with Gasteiger partial charge in [-0.25, -0.2) is 8.42 Å². The van der Waals surface area contributed by atoms with Crippen LogP contribution in [-0.2, 0) is 9.84 Å². The van der Waals surface area contributed by atoms with Crippen molar-refractivity contribution in [3.05, 3.63) is 23.4 Å². The van der Waals surface area contributed by atoms with Gasteiger partial charge in [0.05, 0.1) is 10.6 Å². The van der Waals surface area contributed by atoms with Gasteiger partial charge in [-0.2, -0.15) is 0 Å². The van der Waals surface area contributed by atoms with Crippen LogP contribution in [0.25, 0.3) is 6.08 Å². The summed E-state index contributed by atoms with van der Waals surface area (Å²) in [6.45, 7) is 0. The standard InChI is InChI=1S/C6H5NO2S/c8-10(9)4-2-5-6(10)1-3-7-5/h1-4,7H. The molecule has 0 amide bonds. The van der Waals surface area contributed by atoms with Crippen LogP contribution < -0.4 is 0 Å². The number of aromatic amines is 1. The summed E-state index contributed by atoms with van der Waals surface area (Å²) in [5, 5.41) is 1.20. The largest absolute Gasteiger partial charge is 0.361 e. The van der Waals surface area contributed by atoms with Gasteiger partial charge in [0.1, 0.15) is 0 Å². The maximum absolute atomic E-state index is 11.0. The summed E-state index contributed by atoms with van der Waals surface area (Å²) in [6.07, 6.45) is 3.18. The lowest BCUT2D eigenvalue weighted by Crippen LogP contribution is -1.89. The highest BCUT2D eigenvalue weighted by Gasteiger charge is 2.20. The Morgan fingerprint density at radius 2 is 2.20 bits per heavy atom. The van der Waals surface area contributed by atoms with E-state index in [0.29, 0.717) is 10.6 Å². The van der Waals surface area contributed by atoms with E-state index in [4.69, 9.17) is 0 Å². The molecule has 2 heterocycles. The Morgan fingerprint density at radius 3 is 2.90 bits per heavy atom. The predicted octanol–water partition coefficient (Wildman–Crippen LogP) is 0.773. The molecule has 2 rings (SSSR count). The number of hydrogen-bond acceptors (Lipinski definition) is 2. The van der Waals surface area contributed by atoms with Gasteiger partial charge in [0.15, 0.2) is 0 Å². The number of rotatable bonds is 0. The van der Waals surface area contributed by atoms with Crippen molar-refractivity contribution in [3.8, 4) is 0 Å². The van der Waals surface area contributed by atoms with Crippen molar-refractivity contribution in [2.45, 2.75) is 4.90 Å². The molecule has 1 aliphatic rings. The quantitative estimate of drug-likeness (QED) is 0.601. The van der Waals surface area contributed by atoms with Gasteiger partial charge in [0.2, 0.25) is 9.84 Å². The second kappa shape index (κ2) is 1.52. The molecule has 1 aromatic heterocycles. The Kier molecular flexibility index (Phi) is 0.870. The molecule has 0 aliphatic carbocycles. The van der Waals surface area contributed by atoms with Crippen LogP contribution in [-0.4, -0.2) is 13.4 Å². The molecule has 0 radical (unpaired) electrons. The maximum atomic E-state index is 11.0. The van der Waals surface area contributed by atoms with E-state index < -0.39 is 9.84 Å². The van der Waals surface area contributed by atoms with Crippen LogP contribution >= 0.6 is 0 Å². The van der Waals surface area contributed by atoms with E-state index in [0.717, 1.165) is 0 Å². The summed E-state index contributed by atoms with van der Waals surface area (Å²) in [5.74, 6) is 0. The molecule has 0 saturated heterocycles. The topological polar surface area (TPSA) is 49.9 Å². The molecule has 0 aromatic carbocycles. The highest BCUT2D eigenvalue weighted by atomic mass is 32.2. The fourth-order valence-corrected chi connectivity index (χ4v) is 2.13. The molecule has 1 N–H and O–H groups in total. The molecule has 0 bridgehead atoms. The second-order valence-corrected chi connectivity index (χ2v) is 3.91. The lowest BCUT2D eigenvalue weighted by Gasteiger charge is -1.85. The fourth-order valence-electron chi connectivity index (χ4n) is 0.977. The molecule has 0 spiro atoms. The van der Waals surface area contributed by atoms with Crippen LogP contribution in [0.15, 0.2) is 22.6 Å². The Hall–Kier alpha value is -1.03. The highest BCUT2D eigenvalue weighted by molar-refractivity contribution is 7.94. The van der Waals surface area contributed by atoms with Gasteiger partial charge in [-0.15, -0.1) is 0 Å². The Labute approximate surface area is 58.3 Å². The smallest absolute Gasteiger partial charge is 0.201 e. The predicted molar refractivity (Wildman–Crippen MR) is 37.0 cm³/mol. The number of fused-ring (bicyclic) bond motifs is 1. The molecule has 52 valence electrons. The summed E-state index contributed by atoms with van der Waals surface area (Å²) in [7, 11) is -3.07. The minimum Gasteiger partial charge on any atom is -0.361 e. The molecule has 4 heteroatoms. The summed E-state index contributed by atoms with van der Waals surface area (Å²) >= 11 is 0. The molecule has 10 heavy (non-hydrogen) atoms. The molecule has 0 saturated carbocycles. The first-order chi connectivity index (χ1) is 4.70. The lowest BCUT2D eigenvalue weighted by atomic mass is 10.4. The number of H-pyrrole nitrogens is 1. The molecule has 1 aromatic rings. The minimum absolute atomic E-state index is 0.382. The number of hydrogen-bond donors (Lipinski definition) is 1. The van der Waals surface area contributed by atoms with Crippen molar-refractivity contribution in [3.63, 3.8) is 0 Å². The first kappa shape index (κ1) is 5.73. The van der Waals surface area contributed by atoms with E-state index >= 15 is 0 Å². The van der Waals surface area contributed by atoms with Crippen molar-refractivity contribution in [1.82, 2.24) is 4.98 Å². The van der Waals surface area contributed by atoms with Crippen LogP contribution in [0.3, 0.4) is 0 Å². The third kappa shape index (κ3) is 0.565. The number of aromatic nitrogens is 1. The van der Waals surface area contributed by atoms with E-state index in [1.54, 1.807) is 18.3 Å². The molecule has 0 atom stereocenters. The van der Waals surface area contributed by atoms with E-state index in [1.165, 1.54) is 5.41 Å². The third-order valence-electron chi connectivity index (χ3n) is 1.46. The number of sulfone groups is 1. The van der Waals surface area contributed by atoms with E-state index in [2.05, 4.69) is 4.98 Å². The maximum Gasteiger partial charge on any atom is 0.201 e. The first-order valence-corrected chi connectivity index (χ1v) is 4.35. The Balaban J connectivity index is 2.88. The van der Waals surface area contributed by atoms with Gasteiger partial charge in [0.25, 0.3) is 0 Å². The monoisotopic (exact) mass is 155 g/mol. The van der Waals surface area contributed by atoms with Crippen molar-refractivity contribution < 1.29 is 8.42 Å². The van der Waals surface area contributed by atoms with Gasteiger partial charge >= 0.3 is 0 Å². The fraction of sp³-hybridized carbons (Fsp3) is 0. The zero-order valence-corrected chi connectivity index (χ0v) is 5.85. The van der Waals surface area contributed by atoms with Gasteiger partial charge in [0, 0.05) is 11.6 Å². The van der Waals surface area contributed by atoms with Crippen molar-refractivity contribution in [2.24, 2.45) is 0 Å². The van der Waals surface area contributed by atoms with E-state index in [-0.39, 0.29) is 0 Å². The summed E-state index contributed by atoms with van der Waals surface area (Å²) in [5.41, 5.74) is 0.681. The average Bonchev–Trinajstić information content (AvgIpc) is 2.36. The van der Waals surface area contributed by atoms with Gasteiger partial charge in [-0.3, -0.25) is 0 Å². The van der Waals surface area contributed by atoms with Crippen LogP contribution in [0.5, 0.6) is 0 Å². The second-order valence-electron chi connectivity index (χ2n) is 2.10. The van der Waals surface area contributed by atoms with Gasteiger partial charge < -0.3 is 4.98 Å². The minimum atomic E-state index is -3.07. The molecular weight excluding hydrogens is 150 g/mol. The van der Waals surface area contributed by atoms with Crippen molar-refractivity contribution in [2.75, 3.05) is 0 Å². The molecule has 1 aliphatic heterocycles. The molecule has 3 nitrogen and oxygen atoms in total. The van der Waals surface area contributed by atoms with E-state index in [9.17, 15) is 8.42 Å². The third-order valence-corrected chi connectivity index (χ3v) is 2.92. The lowest BCUT2D eigenvalue weighted by molar-refractivity contribution is 0.605. The SMILES string of the molecule is O=S1(=O)C=Cc2[nH]ccc21. The molecular formula is C6H5NO2S. The number of nitrogens with one attached hydrogen (secondary N) is 1.